The zero-order valence-electron chi connectivity index (χ0n) is 13.7. The molecule has 1 aliphatic heterocycles. The Balaban J connectivity index is 1.61. The van der Waals surface area contributed by atoms with E-state index in [0.717, 1.165) is 24.3 Å². The molecule has 2 N–H and O–H groups in total. The van der Waals surface area contributed by atoms with Crippen molar-refractivity contribution in [1.82, 2.24) is 5.32 Å². The number of carbonyl (C=O) groups excluding carboxylic acids is 2. The third-order valence-corrected chi connectivity index (χ3v) is 4.72. The number of carbonyl (C=O) groups is 2. The average molecular weight is 356 g/mol. The second-order valence-electron chi connectivity index (χ2n) is 5.73. The van der Waals surface area contributed by atoms with Crippen molar-refractivity contribution in [3.8, 4) is 0 Å². The zero-order chi connectivity index (χ0) is 17.5. The maximum absolute atomic E-state index is 12.4. The van der Waals surface area contributed by atoms with Crippen LogP contribution in [0.4, 0.5) is 5.69 Å². The number of ether oxygens (including phenoxy) is 1. The number of amides is 2. The monoisotopic (exact) mass is 356 g/mol. The highest BCUT2D eigenvalue weighted by molar-refractivity contribution is 7.10. The first-order valence-electron chi connectivity index (χ1n) is 8.24. The highest BCUT2D eigenvalue weighted by Crippen LogP contribution is 2.16. The van der Waals surface area contributed by atoms with Crippen molar-refractivity contribution >= 4 is 34.9 Å². The number of rotatable bonds is 6. The van der Waals surface area contributed by atoms with Gasteiger partial charge >= 0.3 is 0 Å². The third-order valence-electron chi connectivity index (χ3n) is 3.89. The number of nitrogens with one attached hydrogen (secondary N) is 2. The summed E-state index contributed by atoms with van der Waals surface area (Å²) in [7, 11) is 0. The Morgan fingerprint density at radius 3 is 2.88 bits per heavy atom. The largest absolute Gasteiger partial charge is 0.376 e. The van der Waals surface area contributed by atoms with Gasteiger partial charge < -0.3 is 15.4 Å². The lowest BCUT2D eigenvalue weighted by Crippen LogP contribution is -2.32. The second kappa shape index (κ2) is 8.60. The number of hydrogen-bond donors (Lipinski definition) is 2. The molecule has 1 saturated heterocycles. The van der Waals surface area contributed by atoms with Crippen LogP contribution in [0, 0.1) is 0 Å². The molecule has 2 heterocycles. The number of benzene rings is 1. The van der Waals surface area contributed by atoms with Crippen molar-refractivity contribution in [2.75, 3.05) is 18.5 Å². The molecule has 1 unspecified atom stereocenters. The summed E-state index contributed by atoms with van der Waals surface area (Å²) in [6.07, 6.45) is 5.29. The van der Waals surface area contributed by atoms with Crippen LogP contribution in [0.25, 0.3) is 6.08 Å². The van der Waals surface area contributed by atoms with E-state index in [0.29, 0.717) is 17.8 Å². The van der Waals surface area contributed by atoms with E-state index in [4.69, 9.17) is 4.74 Å². The van der Waals surface area contributed by atoms with Gasteiger partial charge in [0.15, 0.2) is 0 Å². The van der Waals surface area contributed by atoms with Crippen LogP contribution in [0.3, 0.4) is 0 Å². The Hall–Kier alpha value is -2.44. The van der Waals surface area contributed by atoms with Crippen LogP contribution in [0.2, 0.25) is 0 Å². The summed E-state index contributed by atoms with van der Waals surface area (Å²) in [5.74, 6) is -0.485. The van der Waals surface area contributed by atoms with Gasteiger partial charge in [-0.3, -0.25) is 9.59 Å². The minimum atomic E-state index is -0.271. The highest BCUT2D eigenvalue weighted by Gasteiger charge is 2.18. The fraction of sp³-hybridized carbons (Fsp3) is 0.263. The van der Waals surface area contributed by atoms with Crippen molar-refractivity contribution in [1.29, 1.82) is 0 Å². The maximum Gasteiger partial charge on any atom is 0.253 e. The van der Waals surface area contributed by atoms with E-state index in [2.05, 4.69) is 10.6 Å². The van der Waals surface area contributed by atoms with Crippen LogP contribution in [-0.2, 0) is 9.53 Å². The second-order valence-corrected chi connectivity index (χ2v) is 6.71. The number of thiophene rings is 1. The summed E-state index contributed by atoms with van der Waals surface area (Å²) in [5.41, 5.74) is 0.937. The van der Waals surface area contributed by atoms with Crippen LogP contribution in [0.15, 0.2) is 47.9 Å². The van der Waals surface area contributed by atoms with Crippen LogP contribution in [0.5, 0.6) is 0 Å². The van der Waals surface area contributed by atoms with Crippen molar-refractivity contribution in [3.05, 3.63) is 58.3 Å². The molecule has 1 aliphatic rings. The van der Waals surface area contributed by atoms with Crippen LogP contribution < -0.4 is 10.6 Å². The molecular formula is C19H20N2O3S. The van der Waals surface area contributed by atoms with Gasteiger partial charge in [0.25, 0.3) is 5.91 Å². The fourth-order valence-electron chi connectivity index (χ4n) is 2.62. The molecule has 5 nitrogen and oxygen atoms in total. The molecule has 6 heteroatoms. The molecule has 0 spiro atoms. The molecular weight excluding hydrogens is 336 g/mol. The molecule has 130 valence electrons. The predicted molar refractivity (Wildman–Crippen MR) is 99.7 cm³/mol. The lowest BCUT2D eigenvalue weighted by Gasteiger charge is -2.13. The fourth-order valence-corrected chi connectivity index (χ4v) is 3.23. The van der Waals surface area contributed by atoms with Gasteiger partial charge in [0.05, 0.1) is 17.4 Å². The van der Waals surface area contributed by atoms with Gasteiger partial charge in [0.1, 0.15) is 0 Å². The molecule has 0 bridgehead atoms. The third kappa shape index (κ3) is 5.01. The molecule has 0 radical (unpaired) electrons. The van der Waals surface area contributed by atoms with E-state index in [9.17, 15) is 9.59 Å². The summed E-state index contributed by atoms with van der Waals surface area (Å²) in [4.78, 5) is 25.5. The summed E-state index contributed by atoms with van der Waals surface area (Å²) in [6.45, 7) is 1.24. The minimum Gasteiger partial charge on any atom is -0.376 e. The summed E-state index contributed by atoms with van der Waals surface area (Å²) >= 11 is 1.56. The molecule has 2 amide bonds. The average Bonchev–Trinajstić information content (AvgIpc) is 3.32. The van der Waals surface area contributed by atoms with Crippen LogP contribution in [-0.4, -0.2) is 31.1 Å². The summed E-state index contributed by atoms with van der Waals surface area (Å²) in [5, 5.41) is 7.60. The van der Waals surface area contributed by atoms with E-state index in [1.807, 2.05) is 17.5 Å². The van der Waals surface area contributed by atoms with E-state index in [1.165, 1.54) is 6.08 Å². The molecule has 1 atom stereocenters. The smallest absolute Gasteiger partial charge is 0.253 e. The van der Waals surface area contributed by atoms with Gasteiger partial charge in [-0.1, -0.05) is 18.2 Å². The zero-order valence-corrected chi connectivity index (χ0v) is 14.6. The van der Waals surface area contributed by atoms with Crippen LogP contribution in [0.1, 0.15) is 28.1 Å². The van der Waals surface area contributed by atoms with Gasteiger partial charge in [-0.2, -0.15) is 0 Å². The van der Waals surface area contributed by atoms with Gasteiger partial charge in [0.2, 0.25) is 5.91 Å². The van der Waals surface area contributed by atoms with Crippen molar-refractivity contribution < 1.29 is 14.3 Å². The molecule has 1 fully saturated rings. The Morgan fingerprint density at radius 2 is 2.12 bits per heavy atom. The van der Waals surface area contributed by atoms with Gasteiger partial charge in [-0.05, 0) is 42.5 Å². The van der Waals surface area contributed by atoms with Gasteiger partial charge in [0, 0.05) is 24.1 Å². The number of para-hydroxylation sites is 1. The molecule has 0 aliphatic carbocycles. The first kappa shape index (κ1) is 17.4. The molecule has 25 heavy (non-hydrogen) atoms. The standard InChI is InChI=1S/C19H20N2O3S/c22-18(10-9-15-6-4-12-25-15)21-17-8-2-1-7-16(17)19(23)20-13-14-5-3-11-24-14/h1-2,4,6-10,12,14H,3,5,11,13H2,(H,20,23)(H,21,22). The van der Waals surface area contributed by atoms with E-state index >= 15 is 0 Å². The molecule has 1 aromatic carbocycles. The van der Waals surface area contributed by atoms with Gasteiger partial charge in [-0.15, -0.1) is 11.3 Å². The predicted octanol–water partition coefficient (Wildman–Crippen LogP) is 3.31. The van der Waals surface area contributed by atoms with Crippen molar-refractivity contribution in [2.24, 2.45) is 0 Å². The molecule has 1 aromatic heterocycles. The van der Waals surface area contributed by atoms with Gasteiger partial charge in [-0.25, -0.2) is 0 Å². The SMILES string of the molecule is O=C(C=Cc1cccs1)Nc1ccccc1C(=O)NCC1CCCO1. The molecule has 2 aromatic rings. The topological polar surface area (TPSA) is 67.4 Å². The normalized spacial score (nSPS) is 16.9. The Kier molecular flexibility index (Phi) is 5.98. The van der Waals surface area contributed by atoms with Crippen molar-refractivity contribution in [2.45, 2.75) is 18.9 Å². The quantitative estimate of drug-likeness (QED) is 0.781. The Bertz CT molecular complexity index is 750. The number of hydrogen-bond acceptors (Lipinski definition) is 4. The highest BCUT2D eigenvalue weighted by atomic mass is 32.1. The van der Waals surface area contributed by atoms with E-state index in [-0.39, 0.29) is 17.9 Å². The van der Waals surface area contributed by atoms with Crippen molar-refractivity contribution in [3.63, 3.8) is 0 Å². The molecule has 3 rings (SSSR count). The number of anilines is 1. The van der Waals surface area contributed by atoms with E-state index in [1.54, 1.807) is 41.7 Å². The first-order valence-corrected chi connectivity index (χ1v) is 9.12. The summed E-state index contributed by atoms with van der Waals surface area (Å²) in [6, 6.07) is 10.8. The molecule has 0 saturated carbocycles. The lowest BCUT2D eigenvalue weighted by atomic mass is 10.1. The minimum absolute atomic E-state index is 0.0828. The first-order chi connectivity index (χ1) is 12.2. The summed E-state index contributed by atoms with van der Waals surface area (Å²) < 4.78 is 5.51. The Morgan fingerprint density at radius 1 is 1.24 bits per heavy atom. The Labute approximate surface area is 150 Å². The van der Waals surface area contributed by atoms with E-state index < -0.39 is 0 Å². The maximum atomic E-state index is 12.4. The lowest BCUT2D eigenvalue weighted by molar-refractivity contribution is -0.111. The van der Waals surface area contributed by atoms with Crippen LogP contribution >= 0.6 is 11.3 Å².